The summed E-state index contributed by atoms with van der Waals surface area (Å²) in [6.07, 6.45) is 1.65. The minimum Gasteiger partial charge on any atom is -0.457 e. The number of benzene rings is 2. The van der Waals surface area contributed by atoms with Crippen LogP contribution in [-0.4, -0.2) is 4.98 Å². The topological polar surface area (TPSA) is 49.8 Å². The van der Waals surface area contributed by atoms with E-state index in [-0.39, 0.29) is 5.82 Å². The Morgan fingerprint density at radius 3 is 2.46 bits per heavy atom. The summed E-state index contributed by atoms with van der Waals surface area (Å²) in [4.78, 5) is 4.55. The van der Waals surface area contributed by atoms with Crippen molar-refractivity contribution < 1.29 is 8.81 Å². The Hall–Kier alpha value is -3.20. The van der Waals surface area contributed by atoms with E-state index in [2.05, 4.69) is 11.1 Å². The molecule has 2 aromatic carbocycles. The fourth-order valence-electron chi connectivity index (χ4n) is 2.63. The van der Waals surface area contributed by atoms with Gasteiger partial charge in [-0.3, -0.25) is 0 Å². The van der Waals surface area contributed by atoms with Crippen LogP contribution >= 0.6 is 22.9 Å². The molecule has 2 aromatic heterocycles. The summed E-state index contributed by atoms with van der Waals surface area (Å²) in [5, 5.41) is 12.7. The summed E-state index contributed by atoms with van der Waals surface area (Å²) in [6.45, 7) is 0. The van der Waals surface area contributed by atoms with E-state index in [0.717, 1.165) is 16.8 Å². The van der Waals surface area contributed by atoms with Gasteiger partial charge in [-0.25, -0.2) is 9.37 Å². The SMILES string of the molecule is N#C/C(=C\c1ccc(-c2ccc(F)cc2)o1)c1nc(-c2ccc(Cl)cc2)cs1. The van der Waals surface area contributed by atoms with Crippen molar-refractivity contribution in [1.82, 2.24) is 4.98 Å². The summed E-state index contributed by atoms with van der Waals surface area (Å²) in [5.74, 6) is 0.825. The van der Waals surface area contributed by atoms with Crippen molar-refractivity contribution in [1.29, 1.82) is 5.26 Å². The van der Waals surface area contributed by atoms with E-state index < -0.39 is 0 Å². The number of halogens is 2. The third-order valence-electron chi connectivity index (χ3n) is 4.04. The number of thiazole rings is 1. The van der Waals surface area contributed by atoms with Crippen LogP contribution in [0.4, 0.5) is 4.39 Å². The zero-order valence-electron chi connectivity index (χ0n) is 14.4. The normalized spacial score (nSPS) is 11.4. The highest BCUT2D eigenvalue weighted by Gasteiger charge is 2.11. The lowest BCUT2D eigenvalue weighted by molar-refractivity contribution is 0.571. The first-order valence-electron chi connectivity index (χ1n) is 8.32. The molecule has 136 valence electrons. The molecule has 3 nitrogen and oxygen atoms in total. The van der Waals surface area contributed by atoms with Crippen LogP contribution in [0.1, 0.15) is 10.8 Å². The molecule has 6 heteroatoms. The lowest BCUT2D eigenvalue weighted by atomic mass is 10.2. The van der Waals surface area contributed by atoms with Crippen LogP contribution in [0, 0.1) is 17.1 Å². The standard InChI is InChI=1S/C22H12ClFN2OS/c23-17-5-1-14(2-6-17)20-13-28-22(26-20)16(12-25)11-19-9-10-21(27-19)15-3-7-18(24)8-4-15/h1-11,13H/b16-11+. The summed E-state index contributed by atoms with van der Waals surface area (Å²) in [6, 6.07) is 19.2. The van der Waals surface area contributed by atoms with Crippen LogP contribution in [-0.2, 0) is 0 Å². The Morgan fingerprint density at radius 1 is 1.04 bits per heavy atom. The first kappa shape index (κ1) is 18.2. The smallest absolute Gasteiger partial charge is 0.134 e. The lowest BCUT2D eigenvalue weighted by Crippen LogP contribution is -1.82. The van der Waals surface area contributed by atoms with Crippen molar-refractivity contribution in [2.75, 3.05) is 0 Å². The molecule has 0 aliphatic rings. The van der Waals surface area contributed by atoms with E-state index in [1.165, 1.54) is 23.5 Å². The molecule has 0 unspecified atom stereocenters. The van der Waals surface area contributed by atoms with Crippen molar-refractivity contribution in [3.05, 3.63) is 87.7 Å². The molecule has 4 aromatic rings. The average Bonchev–Trinajstić information content (AvgIpc) is 3.37. The largest absolute Gasteiger partial charge is 0.457 e. The monoisotopic (exact) mass is 406 g/mol. The van der Waals surface area contributed by atoms with Gasteiger partial charge in [0.2, 0.25) is 0 Å². The Morgan fingerprint density at radius 2 is 1.75 bits per heavy atom. The van der Waals surface area contributed by atoms with E-state index in [9.17, 15) is 9.65 Å². The van der Waals surface area contributed by atoms with Gasteiger partial charge in [-0.2, -0.15) is 5.26 Å². The summed E-state index contributed by atoms with van der Waals surface area (Å²) >= 11 is 7.31. The fraction of sp³-hybridized carbons (Fsp3) is 0. The molecule has 0 N–H and O–H groups in total. The van der Waals surface area contributed by atoms with E-state index >= 15 is 0 Å². The number of rotatable bonds is 4. The minimum absolute atomic E-state index is 0.303. The fourth-order valence-corrected chi connectivity index (χ4v) is 3.56. The molecule has 0 radical (unpaired) electrons. The molecule has 0 fully saturated rings. The van der Waals surface area contributed by atoms with Gasteiger partial charge in [-0.05, 0) is 48.5 Å². The van der Waals surface area contributed by atoms with Gasteiger partial charge >= 0.3 is 0 Å². The number of hydrogen-bond acceptors (Lipinski definition) is 4. The zero-order chi connectivity index (χ0) is 19.5. The second-order valence-electron chi connectivity index (χ2n) is 5.92. The van der Waals surface area contributed by atoms with Crippen LogP contribution in [0.15, 0.2) is 70.5 Å². The predicted octanol–water partition coefficient (Wildman–Crippen LogP) is 6.93. The van der Waals surface area contributed by atoms with E-state index in [4.69, 9.17) is 16.0 Å². The Labute approximate surface area is 170 Å². The van der Waals surface area contributed by atoms with Crippen LogP contribution in [0.25, 0.3) is 34.2 Å². The molecule has 2 heterocycles. The molecule has 0 bridgehead atoms. The molecule has 28 heavy (non-hydrogen) atoms. The van der Waals surface area contributed by atoms with Gasteiger partial charge in [-0.1, -0.05) is 23.7 Å². The highest BCUT2D eigenvalue weighted by Crippen LogP contribution is 2.29. The quantitative estimate of drug-likeness (QED) is 0.345. The van der Waals surface area contributed by atoms with Crippen molar-refractivity contribution in [2.45, 2.75) is 0 Å². The third kappa shape index (κ3) is 3.89. The van der Waals surface area contributed by atoms with E-state index in [1.54, 1.807) is 42.5 Å². The van der Waals surface area contributed by atoms with Crippen molar-refractivity contribution in [3.8, 4) is 28.7 Å². The minimum atomic E-state index is -0.303. The van der Waals surface area contributed by atoms with E-state index in [1.807, 2.05) is 17.5 Å². The predicted molar refractivity (Wildman–Crippen MR) is 110 cm³/mol. The number of aromatic nitrogens is 1. The highest BCUT2D eigenvalue weighted by atomic mass is 35.5. The van der Waals surface area contributed by atoms with Crippen LogP contribution in [0.3, 0.4) is 0 Å². The molecule has 0 saturated carbocycles. The second kappa shape index (κ2) is 7.81. The van der Waals surface area contributed by atoms with Gasteiger partial charge < -0.3 is 4.42 Å². The van der Waals surface area contributed by atoms with Crippen LogP contribution in [0.2, 0.25) is 5.02 Å². The molecule has 4 rings (SSSR count). The zero-order valence-corrected chi connectivity index (χ0v) is 16.0. The Bertz CT molecular complexity index is 1180. The number of allylic oxidation sites excluding steroid dienone is 1. The number of furan rings is 1. The molecular weight excluding hydrogens is 395 g/mol. The van der Waals surface area contributed by atoms with Gasteiger partial charge in [0.25, 0.3) is 0 Å². The summed E-state index contributed by atoms with van der Waals surface area (Å²) < 4.78 is 18.8. The van der Waals surface area contributed by atoms with E-state index in [0.29, 0.717) is 27.1 Å². The van der Waals surface area contributed by atoms with Gasteiger partial charge in [0.1, 0.15) is 28.4 Å². The van der Waals surface area contributed by atoms with Gasteiger partial charge in [0.15, 0.2) is 0 Å². The molecule has 0 saturated heterocycles. The molecular formula is C22H12ClFN2OS. The molecule has 0 aliphatic heterocycles. The highest BCUT2D eigenvalue weighted by molar-refractivity contribution is 7.11. The third-order valence-corrected chi connectivity index (χ3v) is 5.16. The number of nitriles is 1. The molecule has 0 aliphatic carbocycles. The van der Waals surface area contributed by atoms with Gasteiger partial charge in [0.05, 0.1) is 11.3 Å². The average molecular weight is 407 g/mol. The lowest BCUT2D eigenvalue weighted by Gasteiger charge is -1.97. The first-order valence-corrected chi connectivity index (χ1v) is 9.57. The Kier molecular flexibility index (Phi) is 5.07. The maximum Gasteiger partial charge on any atom is 0.134 e. The first-order chi connectivity index (χ1) is 13.6. The summed E-state index contributed by atoms with van der Waals surface area (Å²) in [5.41, 5.74) is 2.88. The Balaban J connectivity index is 1.61. The van der Waals surface area contributed by atoms with Gasteiger partial charge in [0, 0.05) is 27.6 Å². The number of hydrogen-bond donors (Lipinski definition) is 0. The van der Waals surface area contributed by atoms with Gasteiger partial charge in [-0.15, -0.1) is 11.3 Å². The van der Waals surface area contributed by atoms with Crippen LogP contribution < -0.4 is 0 Å². The molecule has 0 amide bonds. The molecule has 0 atom stereocenters. The maximum atomic E-state index is 13.1. The van der Waals surface area contributed by atoms with Crippen molar-refractivity contribution in [3.63, 3.8) is 0 Å². The van der Waals surface area contributed by atoms with Crippen LogP contribution in [0.5, 0.6) is 0 Å². The second-order valence-corrected chi connectivity index (χ2v) is 7.22. The van der Waals surface area contributed by atoms with Crippen molar-refractivity contribution in [2.24, 2.45) is 0 Å². The molecule has 0 spiro atoms. The maximum absolute atomic E-state index is 13.1. The summed E-state index contributed by atoms with van der Waals surface area (Å²) in [7, 11) is 0. The van der Waals surface area contributed by atoms with Crippen molar-refractivity contribution >= 4 is 34.6 Å². The number of nitrogens with zero attached hydrogens (tertiary/aromatic N) is 2.